The molecule has 98 heavy (non-hydrogen) atoms. The average molecular weight is 1380 g/mol. The lowest BCUT2D eigenvalue weighted by atomic mass is 9.92. The number of imidazole rings is 1. The summed E-state index contributed by atoms with van der Waals surface area (Å²) in [4.78, 5) is 121. The van der Waals surface area contributed by atoms with Crippen LogP contribution in [-0.2, 0) is 121 Å². The molecule has 5 atom stereocenters. The van der Waals surface area contributed by atoms with Gasteiger partial charge < -0.3 is 34.7 Å². The fourth-order valence-corrected chi connectivity index (χ4v) is 13.4. The fourth-order valence-electron chi connectivity index (χ4n) is 12.1. The number of rotatable bonds is 33. The molecule has 0 aliphatic carbocycles. The summed E-state index contributed by atoms with van der Waals surface area (Å²) in [7, 11) is -2.45. The Kier molecular flexibility index (Phi) is 25.3. The van der Waals surface area contributed by atoms with Crippen molar-refractivity contribution >= 4 is 77.1 Å². The van der Waals surface area contributed by atoms with E-state index in [0.29, 0.717) is 74.5 Å². The zero-order chi connectivity index (χ0) is 71.4. The summed E-state index contributed by atoms with van der Waals surface area (Å²) < 4.78 is 87.4. The quantitative estimate of drug-likeness (QED) is 0.00986. The number of primary amides is 1. The van der Waals surface area contributed by atoms with Crippen molar-refractivity contribution in [3.05, 3.63) is 140 Å². The van der Waals surface area contributed by atoms with Crippen molar-refractivity contribution in [3.8, 4) is 0 Å². The van der Waals surface area contributed by atoms with Gasteiger partial charge in [0.15, 0.2) is 5.78 Å². The number of halogens is 2. The average Bonchev–Trinajstić information content (AvgIpc) is 1.57. The molecule has 0 saturated carbocycles. The summed E-state index contributed by atoms with van der Waals surface area (Å²) in [5, 5.41) is 3.08. The molecule has 23 nitrogen and oxygen atoms in total. The number of hydrogen-bond acceptors (Lipinski definition) is 17. The Morgan fingerprint density at radius 2 is 1.35 bits per heavy atom. The number of aryl methyl sites for hydroxylation is 4. The highest BCUT2D eigenvalue weighted by Crippen LogP contribution is 2.67. The molecule has 0 bridgehead atoms. The summed E-state index contributed by atoms with van der Waals surface area (Å²) >= 11 is 0. The monoisotopic (exact) mass is 1380 g/mol. The molecule has 4 aromatic carbocycles. The summed E-state index contributed by atoms with van der Waals surface area (Å²) in [6.07, 6.45) is 4.90. The van der Waals surface area contributed by atoms with Gasteiger partial charge in [-0.1, -0.05) is 78.9 Å². The van der Waals surface area contributed by atoms with Crippen LogP contribution in [0.15, 0.2) is 95.8 Å². The number of esters is 2. The molecule has 1 saturated heterocycles. The lowest BCUT2D eigenvalue weighted by Crippen LogP contribution is -2.54. The van der Waals surface area contributed by atoms with Crippen molar-refractivity contribution in [3.63, 3.8) is 0 Å². The normalized spacial score (nSPS) is 17.6. The lowest BCUT2D eigenvalue weighted by molar-refractivity contribution is -0.163. The molecule has 4 heterocycles. The first kappa shape index (κ1) is 75.7. The topological polar surface area (TPSA) is 290 Å². The minimum absolute atomic E-state index is 0.0478. The molecule has 530 valence electrons. The summed E-state index contributed by atoms with van der Waals surface area (Å²) in [6, 6.07) is 21.3. The highest BCUT2D eigenvalue weighted by atomic mass is 31.2. The van der Waals surface area contributed by atoms with E-state index in [1.165, 1.54) is 76.3 Å². The lowest BCUT2D eigenvalue weighted by Gasteiger charge is -2.31. The molecule has 5 amide bonds. The summed E-state index contributed by atoms with van der Waals surface area (Å²) in [5.41, 5.74) is 5.34. The van der Waals surface area contributed by atoms with Crippen LogP contribution in [0.3, 0.4) is 0 Å². The molecule has 0 radical (unpaired) electrons. The Balaban J connectivity index is 0.802. The highest BCUT2D eigenvalue weighted by molar-refractivity contribution is 7.54. The van der Waals surface area contributed by atoms with Gasteiger partial charge in [0.2, 0.25) is 37.2 Å². The predicted molar refractivity (Wildman–Crippen MR) is 360 cm³/mol. The first-order valence-electron chi connectivity index (χ1n) is 33.1. The van der Waals surface area contributed by atoms with E-state index < -0.39 is 109 Å². The number of piperidine rings is 1. The number of likely N-dealkylation sites (tertiary alicyclic amines) is 1. The molecular formula is C72H91F2N6O17P. The number of nitrogens with two attached hydrogens (primary N) is 1. The second kappa shape index (κ2) is 32.7. The Hall–Kier alpha value is -8.06. The third-order valence-corrected chi connectivity index (χ3v) is 19.7. The van der Waals surface area contributed by atoms with Crippen LogP contribution < -0.4 is 21.6 Å². The van der Waals surface area contributed by atoms with Gasteiger partial charge >= 0.3 is 30.9 Å². The van der Waals surface area contributed by atoms with Crippen molar-refractivity contribution in [2.45, 2.75) is 169 Å². The van der Waals surface area contributed by atoms with E-state index >= 15 is 8.78 Å². The molecule has 0 spiro atoms. The van der Waals surface area contributed by atoms with Gasteiger partial charge in [0.05, 0.1) is 59.5 Å². The smallest absolute Gasteiger partial charge is 0.410 e. The van der Waals surface area contributed by atoms with E-state index in [2.05, 4.69) is 5.32 Å². The van der Waals surface area contributed by atoms with Crippen LogP contribution in [0.2, 0.25) is 0 Å². The number of imide groups is 1. The first-order valence-corrected chi connectivity index (χ1v) is 34.7. The summed E-state index contributed by atoms with van der Waals surface area (Å²) in [6.45, 7) is 12.2. The third-order valence-electron chi connectivity index (χ3n) is 17.8. The number of amides is 5. The van der Waals surface area contributed by atoms with Gasteiger partial charge in [-0.2, -0.15) is 8.78 Å². The number of alkyl halides is 2. The molecule has 26 heteroatoms. The van der Waals surface area contributed by atoms with Gasteiger partial charge in [0.25, 0.3) is 5.91 Å². The number of carbonyl (C=O) groups excluding carboxylic acids is 8. The minimum Gasteiger partial charge on any atom is -0.438 e. The molecular weight excluding hydrogens is 1290 g/mol. The van der Waals surface area contributed by atoms with Gasteiger partial charge in [-0.25, -0.2) is 4.79 Å². The molecule has 3 aliphatic rings. The van der Waals surface area contributed by atoms with Crippen molar-refractivity contribution in [2.75, 3.05) is 52.0 Å². The van der Waals surface area contributed by atoms with Crippen LogP contribution in [0, 0.1) is 16.7 Å². The van der Waals surface area contributed by atoms with Crippen molar-refractivity contribution < 1.29 is 84.4 Å². The van der Waals surface area contributed by atoms with Crippen LogP contribution in [-0.4, -0.2) is 127 Å². The molecule has 1 aromatic heterocycles. The van der Waals surface area contributed by atoms with Gasteiger partial charge in [0.1, 0.15) is 12.1 Å². The number of anilines is 1. The number of ether oxygens (including phenoxy) is 5. The van der Waals surface area contributed by atoms with Gasteiger partial charge in [-0.05, 0) is 158 Å². The second-order valence-corrected chi connectivity index (χ2v) is 29.4. The zero-order valence-electron chi connectivity index (χ0n) is 57.5. The zero-order valence-corrected chi connectivity index (χ0v) is 58.4. The largest absolute Gasteiger partial charge is 0.438 e. The maximum Gasteiger partial charge on any atom is 0.410 e. The SMILES string of the molecule is C/C(=C\C(=O)C[C@H]1CCc2cccc3c2N(C1=O)[C@H](C(=O)N[C@@H](CCC(N)=O)[C@@H](C)OCc1ccc(CCCOCCOCCCc2cccc4c2n(C)c(=O)n4C2CCC(=O)N(C)C2=O)cc1)C3)c1ccc(C(F)(F)P(=O)(OCOC(=O)C(C)(C)C)OCOC(=O)C(C)(C)C)cc1. The van der Waals surface area contributed by atoms with Crippen molar-refractivity contribution in [1.82, 2.24) is 19.4 Å². The molecule has 8 rings (SSSR count). The van der Waals surface area contributed by atoms with E-state index in [1.807, 2.05) is 60.7 Å². The number of benzene rings is 4. The van der Waals surface area contributed by atoms with Crippen LogP contribution >= 0.6 is 7.60 Å². The Bertz CT molecular complexity index is 3850. The molecule has 1 fully saturated rings. The van der Waals surface area contributed by atoms with Crippen LogP contribution in [0.5, 0.6) is 0 Å². The second-order valence-electron chi connectivity index (χ2n) is 27.3. The number of hydrogen-bond donors (Lipinski definition) is 2. The number of nitrogens with one attached hydrogen (secondary N) is 1. The van der Waals surface area contributed by atoms with E-state index in [1.54, 1.807) is 25.5 Å². The Morgan fingerprint density at radius 3 is 1.97 bits per heavy atom. The van der Waals surface area contributed by atoms with Crippen molar-refractivity contribution in [2.24, 2.45) is 29.5 Å². The van der Waals surface area contributed by atoms with E-state index in [0.717, 1.165) is 63.2 Å². The number of fused-ring (bicyclic) bond motifs is 1. The van der Waals surface area contributed by atoms with Crippen LogP contribution in [0.1, 0.15) is 152 Å². The number of aromatic nitrogens is 2. The third kappa shape index (κ3) is 18.4. The first-order chi connectivity index (χ1) is 46.3. The highest BCUT2D eigenvalue weighted by Gasteiger charge is 2.56. The molecule has 5 aromatic rings. The number of allylic oxidation sites excluding steroid dienone is 2. The van der Waals surface area contributed by atoms with E-state index in [4.69, 9.17) is 38.5 Å². The molecule has 3 aliphatic heterocycles. The van der Waals surface area contributed by atoms with Crippen LogP contribution in [0.4, 0.5) is 14.5 Å². The molecule has 3 N–H and O–H groups in total. The number of para-hydroxylation sites is 2. The standard InChI is InChI=1S/C72H91F2N6O17P/c1-45(49-27-29-54(30-28-49)72(73,74)98(90,96-43-94-67(87)70(3,4)5)97-44-95-68(88)71(6,7)8)39-55(81)40-53-26-25-51-16-11-18-52-41-59(80(62(51)52)65(53)85)64(84)76-56(31-33-60(75)82)46(2)93-42-48-23-21-47(22-24-48)15-13-35-91-37-38-92-36-14-19-50-17-12-20-57-63(50)78(10)69(89)79(57)58-32-34-61(83)77(9)66(58)86/h11-12,16-18,20-24,27-30,39,46,53,56,58-59H,13-15,19,25-26,31-38,40-44H2,1-10H3,(H2,75,82)(H,76,84)/b45-39+/t46-,53-,56+,58?,59+/m1/s1. The predicted octanol–water partition coefficient (Wildman–Crippen LogP) is 9.87. The number of nitrogens with zero attached hydrogens (tertiary/aromatic N) is 4. The Morgan fingerprint density at radius 1 is 0.745 bits per heavy atom. The fraction of sp³-hybridized carbons (Fsp3) is 0.514. The number of likely N-dealkylation sites (N-methyl/N-ethyl adjacent to an activating group) is 1. The van der Waals surface area contributed by atoms with Gasteiger partial charge in [-0.3, -0.25) is 70.9 Å². The van der Waals surface area contributed by atoms with Crippen LogP contribution in [0.25, 0.3) is 16.6 Å². The van der Waals surface area contributed by atoms with E-state index in [-0.39, 0.29) is 62.6 Å². The van der Waals surface area contributed by atoms with Gasteiger partial charge in [-0.15, -0.1) is 0 Å². The van der Waals surface area contributed by atoms with Crippen molar-refractivity contribution in [1.29, 1.82) is 0 Å². The minimum atomic E-state index is -5.60. The maximum absolute atomic E-state index is 16.3. The number of carbonyl (C=O) groups is 8. The maximum atomic E-state index is 16.3. The summed E-state index contributed by atoms with van der Waals surface area (Å²) in [5.74, 6) is -5.04. The number of ketones is 1. The Labute approximate surface area is 569 Å². The molecule has 1 unspecified atom stereocenters. The van der Waals surface area contributed by atoms with E-state index in [9.17, 15) is 47.7 Å². The van der Waals surface area contributed by atoms with Gasteiger partial charge in [0, 0.05) is 64.5 Å².